The van der Waals surface area contributed by atoms with E-state index in [1.807, 2.05) is 0 Å². The molecule has 2 aromatic carbocycles. The molecule has 0 saturated heterocycles. The number of hydrogen-bond donors (Lipinski definition) is 1. The van der Waals surface area contributed by atoms with Gasteiger partial charge in [-0.25, -0.2) is 4.79 Å². The van der Waals surface area contributed by atoms with Gasteiger partial charge in [-0.15, -0.1) is 0 Å². The van der Waals surface area contributed by atoms with Crippen LogP contribution in [0.5, 0.6) is 17.2 Å². The van der Waals surface area contributed by atoms with Crippen molar-refractivity contribution >= 4 is 23.6 Å². The van der Waals surface area contributed by atoms with E-state index in [1.165, 1.54) is 26.4 Å². The van der Waals surface area contributed by atoms with E-state index in [2.05, 4.69) is 5.32 Å². The normalized spacial score (nSPS) is 10.4. The molecule has 0 aliphatic rings. The van der Waals surface area contributed by atoms with Gasteiger partial charge in [0.25, 0.3) is 0 Å². The van der Waals surface area contributed by atoms with E-state index in [9.17, 15) is 9.59 Å². The van der Waals surface area contributed by atoms with Crippen LogP contribution >= 0.6 is 0 Å². The Balaban J connectivity index is 2.23. The zero-order chi connectivity index (χ0) is 19.8. The summed E-state index contributed by atoms with van der Waals surface area (Å²) in [6.07, 6.45) is 2.93. The van der Waals surface area contributed by atoms with Gasteiger partial charge in [0.2, 0.25) is 5.91 Å². The molecular weight excluding hydrogens is 350 g/mol. The molecule has 2 aromatic rings. The van der Waals surface area contributed by atoms with Crippen molar-refractivity contribution in [1.29, 1.82) is 0 Å². The Labute approximate surface area is 157 Å². The predicted molar refractivity (Wildman–Crippen MR) is 102 cm³/mol. The molecule has 0 aliphatic carbocycles. The molecule has 0 saturated carbocycles. The third-order valence-corrected chi connectivity index (χ3v) is 3.74. The number of benzene rings is 2. The molecule has 2 rings (SSSR count). The molecule has 27 heavy (non-hydrogen) atoms. The minimum atomic E-state index is -0.581. The van der Waals surface area contributed by atoms with Gasteiger partial charge in [-0.2, -0.15) is 0 Å². The molecule has 1 amide bonds. The standard InChI is InChI=1S/C20H21NO6/c1-24-14-7-9-18(26-3)13(11-14)5-10-19(22)21-17-8-6-15(25-2)12-16(17)20(23)27-4/h5-12H,1-4H3,(H,21,22)/b10-5+. The summed E-state index contributed by atoms with van der Waals surface area (Å²) in [4.78, 5) is 24.2. The van der Waals surface area contributed by atoms with Crippen molar-refractivity contribution in [2.75, 3.05) is 33.8 Å². The number of methoxy groups -OCH3 is 4. The molecule has 0 spiro atoms. The van der Waals surface area contributed by atoms with Gasteiger partial charge in [-0.05, 0) is 42.5 Å². The van der Waals surface area contributed by atoms with Crippen LogP contribution < -0.4 is 19.5 Å². The van der Waals surface area contributed by atoms with E-state index in [0.717, 1.165) is 0 Å². The molecule has 0 unspecified atom stereocenters. The zero-order valence-electron chi connectivity index (χ0n) is 15.6. The Bertz CT molecular complexity index is 860. The minimum Gasteiger partial charge on any atom is -0.497 e. The number of rotatable bonds is 7. The van der Waals surface area contributed by atoms with Crippen LogP contribution in [-0.4, -0.2) is 40.3 Å². The zero-order valence-corrected chi connectivity index (χ0v) is 15.6. The highest BCUT2D eigenvalue weighted by Crippen LogP contribution is 2.26. The lowest BCUT2D eigenvalue weighted by Crippen LogP contribution is -2.13. The van der Waals surface area contributed by atoms with E-state index in [0.29, 0.717) is 28.5 Å². The van der Waals surface area contributed by atoms with Crippen LogP contribution in [0, 0.1) is 0 Å². The lowest BCUT2D eigenvalue weighted by Gasteiger charge is -2.10. The number of hydrogen-bond acceptors (Lipinski definition) is 6. The number of ether oxygens (including phenoxy) is 4. The van der Waals surface area contributed by atoms with Crippen molar-refractivity contribution in [3.05, 3.63) is 53.6 Å². The summed E-state index contributed by atoms with van der Waals surface area (Å²) in [5.41, 5.74) is 1.18. The van der Waals surface area contributed by atoms with Crippen LogP contribution in [0.15, 0.2) is 42.5 Å². The van der Waals surface area contributed by atoms with Crippen molar-refractivity contribution in [2.24, 2.45) is 0 Å². The second kappa shape index (κ2) is 9.28. The van der Waals surface area contributed by atoms with Crippen molar-refractivity contribution < 1.29 is 28.5 Å². The molecule has 1 N–H and O–H groups in total. The largest absolute Gasteiger partial charge is 0.497 e. The minimum absolute atomic E-state index is 0.192. The van der Waals surface area contributed by atoms with Crippen LogP contribution in [0.1, 0.15) is 15.9 Å². The fraction of sp³-hybridized carbons (Fsp3) is 0.200. The number of nitrogens with one attached hydrogen (secondary N) is 1. The molecule has 0 bridgehead atoms. The monoisotopic (exact) mass is 371 g/mol. The second-order valence-corrected chi connectivity index (χ2v) is 5.33. The Kier molecular flexibility index (Phi) is 6.82. The summed E-state index contributed by atoms with van der Waals surface area (Å²) >= 11 is 0. The molecule has 0 aliphatic heterocycles. The molecule has 0 atom stereocenters. The lowest BCUT2D eigenvalue weighted by atomic mass is 10.1. The Morgan fingerprint density at radius 3 is 2.19 bits per heavy atom. The molecule has 0 radical (unpaired) electrons. The summed E-state index contributed by atoms with van der Waals surface area (Å²) < 4.78 is 20.3. The smallest absolute Gasteiger partial charge is 0.340 e. The van der Waals surface area contributed by atoms with E-state index < -0.39 is 11.9 Å². The number of esters is 1. The quantitative estimate of drug-likeness (QED) is 0.595. The molecular formula is C20H21NO6. The van der Waals surface area contributed by atoms with Gasteiger partial charge in [0.05, 0.1) is 39.7 Å². The lowest BCUT2D eigenvalue weighted by molar-refractivity contribution is -0.111. The second-order valence-electron chi connectivity index (χ2n) is 5.33. The maximum atomic E-state index is 12.3. The fourth-order valence-electron chi connectivity index (χ4n) is 2.35. The van der Waals surface area contributed by atoms with Gasteiger partial charge >= 0.3 is 5.97 Å². The summed E-state index contributed by atoms with van der Waals surface area (Å²) in [5, 5.41) is 2.66. The van der Waals surface area contributed by atoms with Crippen molar-refractivity contribution in [1.82, 2.24) is 0 Å². The topological polar surface area (TPSA) is 83.1 Å². The molecule has 0 heterocycles. The van der Waals surface area contributed by atoms with Gasteiger partial charge in [-0.3, -0.25) is 4.79 Å². The van der Waals surface area contributed by atoms with Gasteiger partial charge in [-0.1, -0.05) is 0 Å². The average Bonchev–Trinajstić information content (AvgIpc) is 2.71. The number of carbonyl (C=O) groups is 2. The number of carbonyl (C=O) groups excluding carboxylic acids is 2. The summed E-state index contributed by atoms with van der Waals surface area (Å²) in [6.45, 7) is 0. The first-order valence-corrected chi connectivity index (χ1v) is 7.99. The molecule has 142 valence electrons. The van der Waals surface area contributed by atoms with Gasteiger partial charge in [0.1, 0.15) is 17.2 Å². The van der Waals surface area contributed by atoms with E-state index in [-0.39, 0.29) is 5.56 Å². The van der Waals surface area contributed by atoms with Gasteiger partial charge < -0.3 is 24.3 Å². The first-order chi connectivity index (χ1) is 13.0. The SMILES string of the molecule is COC(=O)c1cc(OC)ccc1NC(=O)/C=C/c1cc(OC)ccc1OC. The highest BCUT2D eigenvalue weighted by molar-refractivity contribution is 6.06. The maximum Gasteiger partial charge on any atom is 0.340 e. The average molecular weight is 371 g/mol. The molecule has 7 heteroatoms. The third kappa shape index (κ3) is 5.01. The van der Waals surface area contributed by atoms with Crippen LogP contribution in [0.25, 0.3) is 6.08 Å². The fourth-order valence-corrected chi connectivity index (χ4v) is 2.35. The van der Waals surface area contributed by atoms with Crippen molar-refractivity contribution in [3.63, 3.8) is 0 Å². The Hall–Kier alpha value is -3.48. The van der Waals surface area contributed by atoms with Crippen LogP contribution in [0.2, 0.25) is 0 Å². The van der Waals surface area contributed by atoms with E-state index in [4.69, 9.17) is 18.9 Å². The summed E-state index contributed by atoms with van der Waals surface area (Å²) in [7, 11) is 5.85. The van der Waals surface area contributed by atoms with Crippen molar-refractivity contribution in [3.8, 4) is 17.2 Å². The van der Waals surface area contributed by atoms with Gasteiger partial charge in [0.15, 0.2) is 0 Å². The van der Waals surface area contributed by atoms with E-state index >= 15 is 0 Å². The highest BCUT2D eigenvalue weighted by Gasteiger charge is 2.14. The maximum absolute atomic E-state index is 12.3. The number of anilines is 1. The third-order valence-electron chi connectivity index (χ3n) is 3.74. The first-order valence-electron chi connectivity index (χ1n) is 7.99. The number of amides is 1. The molecule has 0 aromatic heterocycles. The van der Waals surface area contributed by atoms with Crippen LogP contribution in [0.3, 0.4) is 0 Å². The predicted octanol–water partition coefficient (Wildman–Crippen LogP) is 3.15. The van der Waals surface area contributed by atoms with Crippen molar-refractivity contribution in [2.45, 2.75) is 0 Å². The van der Waals surface area contributed by atoms with E-state index in [1.54, 1.807) is 50.6 Å². The molecule has 0 fully saturated rings. The van der Waals surface area contributed by atoms with Crippen LogP contribution in [-0.2, 0) is 9.53 Å². The molecule has 7 nitrogen and oxygen atoms in total. The summed E-state index contributed by atoms with van der Waals surface area (Å²) in [5.74, 6) is 0.710. The highest BCUT2D eigenvalue weighted by atomic mass is 16.5. The summed E-state index contributed by atoms with van der Waals surface area (Å²) in [6, 6.07) is 9.96. The Morgan fingerprint density at radius 2 is 1.56 bits per heavy atom. The first kappa shape index (κ1) is 19.8. The van der Waals surface area contributed by atoms with Crippen LogP contribution in [0.4, 0.5) is 5.69 Å². The Morgan fingerprint density at radius 1 is 0.889 bits per heavy atom. The van der Waals surface area contributed by atoms with Gasteiger partial charge in [0, 0.05) is 11.6 Å².